The van der Waals surface area contributed by atoms with Crippen LogP contribution in [0.15, 0.2) is 24.3 Å². The maximum absolute atomic E-state index is 11.1. The molecule has 88 valence electrons. The summed E-state index contributed by atoms with van der Waals surface area (Å²) in [5.41, 5.74) is 6.17. The molecule has 0 bridgehead atoms. The average Bonchev–Trinajstić information content (AvgIpc) is 2.26. The molecule has 16 heavy (non-hydrogen) atoms. The van der Waals surface area contributed by atoms with Gasteiger partial charge in [-0.25, -0.2) is 0 Å². The van der Waals surface area contributed by atoms with E-state index >= 15 is 0 Å². The molecule has 1 amide bonds. The van der Waals surface area contributed by atoms with Gasteiger partial charge in [0.05, 0.1) is 6.54 Å². The lowest BCUT2D eigenvalue weighted by molar-refractivity contribution is -0.119. The molecule has 0 aliphatic heterocycles. The van der Waals surface area contributed by atoms with E-state index < -0.39 is 0 Å². The topological polar surface area (TPSA) is 55.1 Å². The molecule has 0 aliphatic rings. The predicted octanol–water partition coefficient (Wildman–Crippen LogP) is 1.69. The minimum absolute atomic E-state index is 0.0195. The van der Waals surface area contributed by atoms with Crippen molar-refractivity contribution in [1.29, 1.82) is 0 Å². The van der Waals surface area contributed by atoms with Crippen LogP contribution in [0.3, 0.4) is 0 Å². The van der Waals surface area contributed by atoms with Crippen molar-refractivity contribution in [1.82, 2.24) is 5.32 Å². The monoisotopic (exact) mass is 240 g/mol. The number of carbonyl (C=O) groups is 1. The highest BCUT2D eigenvalue weighted by atomic mass is 35.5. The van der Waals surface area contributed by atoms with E-state index in [1.54, 1.807) is 0 Å². The van der Waals surface area contributed by atoms with Crippen LogP contribution >= 0.6 is 11.6 Å². The predicted molar refractivity (Wildman–Crippen MR) is 66.5 cm³/mol. The Morgan fingerprint density at radius 3 is 2.75 bits per heavy atom. The van der Waals surface area contributed by atoms with Crippen LogP contribution in [0.5, 0.6) is 0 Å². The Balaban J connectivity index is 2.73. The number of benzene rings is 1. The third kappa shape index (κ3) is 3.51. The smallest absolute Gasteiger partial charge is 0.233 e. The fraction of sp³-hybridized carbons (Fsp3) is 0.417. The summed E-state index contributed by atoms with van der Waals surface area (Å²) in [4.78, 5) is 11.1. The van der Waals surface area contributed by atoms with Crippen molar-refractivity contribution in [3.05, 3.63) is 34.9 Å². The van der Waals surface area contributed by atoms with Gasteiger partial charge in [-0.3, -0.25) is 4.79 Å². The minimum atomic E-state index is -0.157. The van der Waals surface area contributed by atoms with Crippen LogP contribution in [-0.4, -0.2) is 19.0 Å². The van der Waals surface area contributed by atoms with Crippen molar-refractivity contribution in [3.63, 3.8) is 0 Å². The first-order chi connectivity index (χ1) is 7.45. The molecule has 1 aromatic rings. The second-order valence-electron chi connectivity index (χ2n) is 4.38. The van der Waals surface area contributed by atoms with Crippen molar-refractivity contribution >= 4 is 17.5 Å². The molecule has 0 saturated carbocycles. The summed E-state index contributed by atoms with van der Waals surface area (Å²) >= 11 is 5.93. The maximum atomic E-state index is 11.1. The van der Waals surface area contributed by atoms with E-state index in [0.29, 0.717) is 11.6 Å². The molecule has 0 radical (unpaired) electrons. The van der Waals surface area contributed by atoms with Gasteiger partial charge in [0.25, 0.3) is 0 Å². The molecule has 1 aromatic carbocycles. The second kappa shape index (κ2) is 5.32. The summed E-state index contributed by atoms with van der Waals surface area (Å²) in [5.74, 6) is -0.143. The van der Waals surface area contributed by atoms with Crippen molar-refractivity contribution in [3.8, 4) is 0 Å². The Labute approximate surface area is 101 Å². The van der Waals surface area contributed by atoms with Gasteiger partial charge in [0, 0.05) is 17.0 Å². The van der Waals surface area contributed by atoms with Crippen LogP contribution in [0.1, 0.15) is 19.4 Å². The number of halogens is 1. The molecule has 0 heterocycles. The van der Waals surface area contributed by atoms with E-state index in [0.717, 1.165) is 5.56 Å². The highest BCUT2D eigenvalue weighted by Gasteiger charge is 2.21. The van der Waals surface area contributed by atoms with Gasteiger partial charge in [-0.15, -0.1) is 0 Å². The van der Waals surface area contributed by atoms with Gasteiger partial charge in [-0.1, -0.05) is 37.6 Å². The average molecular weight is 241 g/mol. The van der Waals surface area contributed by atoms with Crippen molar-refractivity contribution in [2.75, 3.05) is 13.1 Å². The number of hydrogen-bond acceptors (Lipinski definition) is 2. The van der Waals surface area contributed by atoms with E-state index in [9.17, 15) is 4.79 Å². The SMILES string of the molecule is CC(C)(CNC(=O)CN)c1cccc(Cl)c1. The largest absolute Gasteiger partial charge is 0.354 e. The maximum Gasteiger partial charge on any atom is 0.233 e. The molecule has 0 unspecified atom stereocenters. The molecule has 1 rings (SSSR count). The highest BCUT2D eigenvalue weighted by Crippen LogP contribution is 2.24. The Morgan fingerprint density at radius 1 is 1.50 bits per heavy atom. The van der Waals surface area contributed by atoms with Crippen molar-refractivity contribution in [2.24, 2.45) is 5.73 Å². The molecular formula is C12H17ClN2O. The molecular weight excluding hydrogens is 224 g/mol. The lowest BCUT2D eigenvalue weighted by atomic mass is 9.84. The fourth-order valence-corrected chi connectivity index (χ4v) is 1.59. The van der Waals surface area contributed by atoms with Gasteiger partial charge < -0.3 is 11.1 Å². The molecule has 0 fully saturated rings. The Bertz CT molecular complexity index is 377. The minimum Gasteiger partial charge on any atom is -0.354 e. The van der Waals surface area contributed by atoms with E-state index in [1.165, 1.54) is 0 Å². The van der Waals surface area contributed by atoms with E-state index in [4.69, 9.17) is 17.3 Å². The van der Waals surface area contributed by atoms with Crippen molar-refractivity contribution < 1.29 is 4.79 Å². The summed E-state index contributed by atoms with van der Waals surface area (Å²) in [6.45, 7) is 4.67. The Hall–Kier alpha value is -1.06. The normalized spacial score (nSPS) is 11.2. The third-order valence-electron chi connectivity index (χ3n) is 2.52. The van der Waals surface area contributed by atoms with E-state index in [1.807, 2.05) is 24.3 Å². The van der Waals surface area contributed by atoms with Gasteiger partial charge in [0.2, 0.25) is 5.91 Å². The zero-order chi connectivity index (χ0) is 12.2. The molecule has 3 N–H and O–H groups in total. The lowest BCUT2D eigenvalue weighted by Crippen LogP contribution is -2.39. The molecule has 0 atom stereocenters. The van der Waals surface area contributed by atoms with Gasteiger partial charge >= 0.3 is 0 Å². The number of rotatable bonds is 4. The first-order valence-corrected chi connectivity index (χ1v) is 5.56. The van der Waals surface area contributed by atoms with Gasteiger partial charge in [0.1, 0.15) is 0 Å². The summed E-state index contributed by atoms with van der Waals surface area (Å²) in [6.07, 6.45) is 0. The number of nitrogens with one attached hydrogen (secondary N) is 1. The molecule has 4 heteroatoms. The molecule has 0 saturated heterocycles. The third-order valence-corrected chi connectivity index (χ3v) is 2.75. The summed E-state index contributed by atoms with van der Waals surface area (Å²) < 4.78 is 0. The van der Waals surface area contributed by atoms with Crippen LogP contribution in [0.25, 0.3) is 0 Å². The van der Waals surface area contributed by atoms with Crippen LogP contribution in [0, 0.1) is 0 Å². The number of amides is 1. The Morgan fingerprint density at radius 2 is 2.19 bits per heavy atom. The molecule has 0 aliphatic carbocycles. The fourth-order valence-electron chi connectivity index (χ4n) is 1.40. The summed E-state index contributed by atoms with van der Waals surface area (Å²) in [6, 6.07) is 7.65. The Kier molecular flexibility index (Phi) is 4.33. The van der Waals surface area contributed by atoms with Crippen LogP contribution < -0.4 is 11.1 Å². The van der Waals surface area contributed by atoms with Gasteiger partial charge in [0.15, 0.2) is 0 Å². The summed E-state index contributed by atoms with van der Waals surface area (Å²) in [5, 5.41) is 3.49. The molecule has 0 spiro atoms. The number of nitrogens with two attached hydrogens (primary N) is 1. The standard InChI is InChI=1S/C12H17ClN2O/c1-12(2,8-15-11(16)7-14)9-4-3-5-10(13)6-9/h3-6H,7-8,14H2,1-2H3,(H,15,16). The van der Waals surface area contributed by atoms with Crippen molar-refractivity contribution in [2.45, 2.75) is 19.3 Å². The van der Waals surface area contributed by atoms with Crippen LogP contribution in [0.2, 0.25) is 5.02 Å². The molecule has 0 aromatic heterocycles. The summed E-state index contributed by atoms with van der Waals surface area (Å²) in [7, 11) is 0. The zero-order valence-corrected chi connectivity index (χ0v) is 10.3. The van der Waals surface area contributed by atoms with E-state index in [-0.39, 0.29) is 17.9 Å². The number of hydrogen-bond donors (Lipinski definition) is 2. The number of carbonyl (C=O) groups excluding carboxylic acids is 1. The zero-order valence-electron chi connectivity index (χ0n) is 9.59. The van der Waals surface area contributed by atoms with Gasteiger partial charge in [-0.05, 0) is 17.7 Å². The van der Waals surface area contributed by atoms with Crippen LogP contribution in [0.4, 0.5) is 0 Å². The first-order valence-electron chi connectivity index (χ1n) is 5.18. The quantitative estimate of drug-likeness (QED) is 0.842. The second-order valence-corrected chi connectivity index (χ2v) is 4.81. The first kappa shape index (κ1) is 13.0. The van der Waals surface area contributed by atoms with Gasteiger partial charge in [-0.2, -0.15) is 0 Å². The van der Waals surface area contributed by atoms with Crippen LogP contribution in [-0.2, 0) is 10.2 Å². The molecule has 3 nitrogen and oxygen atoms in total. The lowest BCUT2D eigenvalue weighted by Gasteiger charge is -2.25. The highest BCUT2D eigenvalue weighted by molar-refractivity contribution is 6.30. The van der Waals surface area contributed by atoms with E-state index in [2.05, 4.69) is 19.2 Å².